The SMILES string of the molecule is NC1=[N+]2S[C@]23C(NCN3[C@@H]2O[C@H](COP(=O)(O)OP(=O)(O)OP(=O)(O)O)[C@@H](O)[C@H]2O)C(=O)N1. The van der Waals surface area contributed by atoms with E-state index in [-0.39, 0.29) is 12.6 Å². The van der Waals surface area contributed by atoms with E-state index >= 15 is 0 Å². The maximum absolute atomic E-state index is 12.2. The molecule has 188 valence electrons. The smallest absolute Gasteiger partial charge is 0.387 e. The molecule has 0 radical (unpaired) electrons. The Bertz CT molecular complexity index is 1040. The summed E-state index contributed by atoms with van der Waals surface area (Å²) >= 11 is 1.16. The molecule has 3 unspecified atom stereocenters. The Morgan fingerprint density at radius 3 is 2.48 bits per heavy atom. The maximum Gasteiger partial charge on any atom is 0.490 e. The number of hydrogen-bond acceptors (Lipinski definition) is 14. The van der Waals surface area contributed by atoms with Gasteiger partial charge in [-0.15, -0.1) is 0 Å². The van der Waals surface area contributed by atoms with Crippen molar-refractivity contribution < 1.29 is 70.1 Å². The Morgan fingerprint density at radius 1 is 1.18 bits per heavy atom. The predicted octanol–water partition coefficient (Wildman–Crippen LogP) is -4.22. The van der Waals surface area contributed by atoms with Crippen molar-refractivity contribution in [3.05, 3.63) is 0 Å². The summed E-state index contributed by atoms with van der Waals surface area (Å²) in [4.78, 5) is 48.4. The highest BCUT2D eigenvalue weighted by Crippen LogP contribution is 2.66. The van der Waals surface area contributed by atoms with E-state index in [0.29, 0.717) is 0 Å². The average Bonchev–Trinajstić information content (AvgIpc) is 3.17. The van der Waals surface area contributed by atoms with Crippen molar-refractivity contribution in [2.45, 2.75) is 35.6 Å². The summed E-state index contributed by atoms with van der Waals surface area (Å²) in [7, 11) is -16.7. The number of nitrogens with zero attached hydrogens (tertiary/aromatic N) is 2. The van der Waals surface area contributed by atoms with E-state index in [9.17, 15) is 33.6 Å². The summed E-state index contributed by atoms with van der Waals surface area (Å²) in [6.45, 7) is -0.923. The number of carbonyl (C=O) groups excluding carboxylic acids is 1. The average molecular weight is 558 g/mol. The minimum Gasteiger partial charge on any atom is -0.387 e. The Balaban J connectivity index is 1.41. The number of carbonyl (C=O) groups is 1. The number of guanidine groups is 1. The fourth-order valence-electron chi connectivity index (χ4n) is 3.66. The lowest BCUT2D eigenvalue weighted by Gasteiger charge is -2.29. The lowest BCUT2D eigenvalue weighted by molar-refractivity contribution is -0.385. The lowest BCUT2D eigenvalue weighted by atomic mass is 10.1. The minimum atomic E-state index is -5.72. The number of nitrogens with two attached hydrogens (primary N) is 1. The molecular formula is C10H19N5O14P3S+. The van der Waals surface area contributed by atoms with Gasteiger partial charge in [0.25, 0.3) is 4.99 Å². The third kappa shape index (κ3) is 4.81. The van der Waals surface area contributed by atoms with Crippen LogP contribution >= 0.6 is 35.4 Å². The third-order valence-corrected chi connectivity index (χ3v) is 10.1. The zero-order chi connectivity index (χ0) is 24.6. The molecule has 4 rings (SSSR count). The van der Waals surface area contributed by atoms with Gasteiger partial charge in [0.05, 0.1) is 25.2 Å². The van der Waals surface area contributed by atoms with E-state index in [0.717, 1.165) is 11.9 Å². The van der Waals surface area contributed by atoms with Crippen LogP contribution in [0.4, 0.5) is 0 Å². The molecule has 0 aromatic carbocycles. The van der Waals surface area contributed by atoms with Crippen molar-refractivity contribution in [3.8, 4) is 0 Å². The van der Waals surface area contributed by atoms with Gasteiger partial charge in [-0.25, -0.2) is 23.9 Å². The van der Waals surface area contributed by atoms with Gasteiger partial charge >= 0.3 is 35.3 Å². The molecule has 1 spiro atoms. The highest BCUT2D eigenvalue weighted by Gasteiger charge is 2.77. The van der Waals surface area contributed by atoms with Crippen LogP contribution in [-0.4, -0.2) is 99.4 Å². The van der Waals surface area contributed by atoms with E-state index in [1.54, 1.807) is 3.98 Å². The molecule has 4 heterocycles. The molecular weight excluding hydrogens is 539 g/mol. The number of phosphoric acid groups is 3. The van der Waals surface area contributed by atoms with Gasteiger partial charge in [-0.1, -0.05) is 0 Å². The van der Waals surface area contributed by atoms with Crippen LogP contribution in [0.25, 0.3) is 0 Å². The Labute approximate surface area is 188 Å². The molecule has 23 heteroatoms. The highest BCUT2D eigenvalue weighted by molar-refractivity contribution is 7.99. The number of amides is 1. The first-order valence-electron chi connectivity index (χ1n) is 8.79. The molecule has 0 saturated carbocycles. The molecule has 19 nitrogen and oxygen atoms in total. The maximum atomic E-state index is 12.2. The van der Waals surface area contributed by atoms with Gasteiger partial charge in [-0.3, -0.25) is 20.4 Å². The molecule has 0 aromatic rings. The summed E-state index contributed by atoms with van der Waals surface area (Å²) in [5, 5.41) is 26.2. The molecule has 4 aliphatic heterocycles. The Kier molecular flexibility index (Phi) is 6.42. The van der Waals surface area contributed by atoms with Gasteiger partial charge in [-0.05, 0) is 0 Å². The minimum absolute atomic E-state index is 0.0336. The van der Waals surface area contributed by atoms with Crippen molar-refractivity contribution in [1.29, 1.82) is 0 Å². The van der Waals surface area contributed by atoms with E-state index in [4.69, 9.17) is 25.2 Å². The zero-order valence-electron chi connectivity index (χ0n) is 16.0. The van der Waals surface area contributed by atoms with Crippen molar-refractivity contribution in [2.75, 3.05) is 13.3 Å². The first-order valence-corrected chi connectivity index (χ1v) is 14.1. The number of rotatable bonds is 8. The molecule has 4 aliphatic rings. The van der Waals surface area contributed by atoms with Crippen LogP contribution in [0, 0.1) is 0 Å². The normalized spacial score (nSPS) is 40.1. The summed E-state index contributed by atoms with van der Waals surface area (Å²) in [6.07, 6.45) is -5.94. The lowest BCUT2D eigenvalue weighted by Crippen LogP contribution is -2.61. The number of nitrogens with one attached hydrogen (secondary N) is 2. The molecule has 1 amide bonds. The molecule has 3 fully saturated rings. The van der Waals surface area contributed by atoms with Crippen LogP contribution in [0.1, 0.15) is 0 Å². The van der Waals surface area contributed by atoms with Crippen LogP contribution in [0.2, 0.25) is 0 Å². The van der Waals surface area contributed by atoms with Crippen molar-refractivity contribution in [1.82, 2.24) is 15.5 Å². The van der Waals surface area contributed by atoms with Crippen molar-refractivity contribution >= 4 is 47.3 Å². The third-order valence-electron chi connectivity index (χ3n) is 4.93. The van der Waals surface area contributed by atoms with Crippen LogP contribution in [0.15, 0.2) is 0 Å². The number of aliphatic hydroxyl groups is 2. The van der Waals surface area contributed by atoms with Crippen molar-refractivity contribution in [2.24, 2.45) is 5.73 Å². The van der Waals surface area contributed by atoms with E-state index in [1.165, 1.54) is 4.90 Å². The van der Waals surface area contributed by atoms with Gasteiger partial charge in [0.2, 0.25) is 0 Å². The summed E-state index contributed by atoms with van der Waals surface area (Å²) in [6, 6.07) is -0.753. The fraction of sp³-hybridized carbons (Fsp3) is 0.800. The van der Waals surface area contributed by atoms with E-state index in [2.05, 4.69) is 23.8 Å². The monoisotopic (exact) mass is 558 g/mol. The molecule has 3 saturated heterocycles. The summed E-state index contributed by atoms with van der Waals surface area (Å²) < 4.78 is 52.7. The van der Waals surface area contributed by atoms with Gasteiger partial charge < -0.3 is 34.5 Å². The molecule has 0 aromatic heterocycles. The molecule has 10 N–H and O–H groups in total. The first-order chi connectivity index (χ1) is 15.1. The largest absolute Gasteiger partial charge is 0.490 e. The van der Waals surface area contributed by atoms with E-state index < -0.39 is 71.6 Å². The zero-order valence-corrected chi connectivity index (χ0v) is 19.5. The van der Waals surface area contributed by atoms with Gasteiger partial charge in [-0.2, -0.15) is 12.6 Å². The summed E-state index contributed by atoms with van der Waals surface area (Å²) in [5.74, 6) is -0.360. The molecule has 33 heavy (non-hydrogen) atoms. The Morgan fingerprint density at radius 2 is 1.85 bits per heavy atom. The second-order valence-electron chi connectivity index (χ2n) is 7.12. The van der Waals surface area contributed by atoms with E-state index in [1.807, 2.05) is 0 Å². The Hall–Kier alpha value is -0.500. The summed E-state index contributed by atoms with van der Waals surface area (Å²) in [5.41, 5.74) is 5.78. The second kappa shape index (κ2) is 8.28. The van der Waals surface area contributed by atoms with Gasteiger partial charge in [0.1, 0.15) is 24.5 Å². The number of hydrogen-bond donors (Lipinski definition) is 9. The van der Waals surface area contributed by atoms with Crippen LogP contribution in [0.3, 0.4) is 0 Å². The second-order valence-corrected chi connectivity index (χ2v) is 12.7. The fourth-order valence-corrected chi connectivity index (χ4v) is 7.94. The molecule has 0 bridgehead atoms. The highest BCUT2D eigenvalue weighted by atomic mass is 32.2. The number of aliphatic hydroxyl groups excluding tert-OH is 2. The van der Waals surface area contributed by atoms with Crippen LogP contribution in [-0.2, 0) is 36.4 Å². The first kappa shape index (κ1) is 25.6. The predicted molar refractivity (Wildman–Crippen MR) is 102 cm³/mol. The van der Waals surface area contributed by atoms with Crippen LogP contribution < -0.4 is 16.4 Å². The number of ether oxygens (including phenoxy) is 1. The number of phosphoric ester groups is 1. The van der Waals surface area contributed by atoms with Gasteiger partial charge in [0.15, 0.2) is 6.04 Å². The standard InChI is InChI=1S/C10H18N5O14P3S/c11-9-13-7(18)6-10(15(9)33-10)14(2-12-6)8-5(17)4(16)3(27-8)1-26-31(22,23)29-32(24,25)28-30(19,20)21/h3-6,8,12,16-17H,1-2H2,(H6,11,13,18,19,20,21,22,23,24,25)/p+1/t3-,4-,5-,6?,8-,10+,15?/m1/s1. The molecule has 8 atom stereocenters. The topological polar surface area (TPSA) is 283 Å². The quantitative estimate of drug-likeness (QED) is 0.0590. The van der Waals surface area contributed by atoms with Crippen LogP contribution in [0.5, 0.6) is 0 Å². The molecule has 0 aliphatic carbocycles. The van der Waals surface area contributed by atoms with Crippen molar-refractivity contribution in [3.63, 3.8) is 0 Å². The van der Waals surface area contributed by atoms with Gasteiger partial charge in [0, 0.05) is 0 Å².